The Balaban J connectivity index is 1.54. The van der Waals surface area contributed by atoms with E-state index in [1.54, 1.807) is 6.20 Å². The van der Waals surface area contributed by atoms with Crippen LogP contribution in [0.25, 0.3) is 10.9 Å². The number of hydrogen-bond donors (Lipinski definition) is 1. The molecule has 3 aliphatic rings. The van der Waals surface area contributed by atoms with Gasteiger partial charge in [0, 0.05) is 35.9 Å². The maximum Gasteiger partial charge on any atom is 0.416 e. The molecule has 1 N–H and O–H groups in total. The first-order valence-electron chi connectivity index (χ1n) is 11.6. The lowest BCUT2D eigenvalue weighted by Gasteiger charge is -2.58. The van der Waals surface area contributed by atoms with E-state index < -0.39 is 23.7 Å². The van der Waals surface area contributed by atoms with Crippen molar-refractivity contribution in [2.75, 3.05) is 13.1 Å². The molecule has 34 heavy (non-hydrogen) atoms. The van der Waals surface area contributed by atoms with E-state index in [1.807, 2.05) is 36.4 Å². The molecule has 3 aliphatic heterocycles. The summed E-state index contributed by atoms with van der Waals surface area (Å²) in [6.07, 6.45) is -0.117. The Bertz CT molecular complexity index is 1220. The van der Waals surface area contributed by atoms with Crippen molar-refractivity contribution in [2.24, 2.45) is 11.8 Å². The Morgan fingerprint density at radius 2 is 1.97 bits per heavy atom. The highest BCUT2D eigenvalue weighted by molar-refractivity contribution is 5.82. The maximum atomic E-state index is 14.9. The molecule has 3 nitrogen and oxygen atoms in total. The average Bonchev–Trinajstić information content (AvgIpc) is 2.84. The highest BCUT2D eigenvalue weighted by atomic mass is 19.4. The second-order valence-electron chi connectivity index (χ2n) is 9.70. The second-order valence-corrected chi connectivity index (χ2v) is 9.70. The van der Waals surface area contributed by atoms with Gasteiger partial charge in [0.15, 0.2) is 0 Å². The first kappa shape index (κ1) is 23.0. The van der Waals surface area contributed by atoms with E-state index in [1.165, 1.54) is 6.07 Å². The van der Waals surface area contributed by atoms with Crippen LogP contribution in [0.3, 0.4) is 0 Å². The number of nitrogens with zero attached hydrogens (tertiary/aromatic N) is 2. The van der Waals surface area contributed by atoms with Crippen LogP contribution < -0.4 is 0 Å². The first-order chi connectivity index (χ1) is 16.2. The number of alkyl halides is 3. The van der Waals surface area contributed by atoms with Gasteiger partial charge in [-0.05, 0) is 41.8 Å². The molecule has 178 valence electrons. The molecular weight excluding hydrogens is 444 g/mol. The van der Waals surface area contributed by atoms with Crippen LogP contribution in [-0.2, 0) is 12.7 Å². The highest BCUT2D eigenvalue weighted by Crippen LogP contribution is 2.48. The molecule has 2 unspecified atom stereocenters. The molecule has 0 aliphatic carbocycles. The van der Waals surface area contributed by atoms with Gasteiger partial charge in [0.1, 0.15) is 24.5 Å². The number of aromatic nitrogens is 1. The van der Waals surface area contributed by atoms with E-state index >= 15 is 0 Å². The molecule has 3 saturated heterocycles. The number of rotatable bonds is 5. The van der Waals surface area contributed by atoms with Crippen molar-refractivity contribution in [3.63, 3.8) is 0 Å². The highest BCUT2D eigenvalue weighted by Gasteiger charge is 2.54. The Labute approximate surface area is 195 Å². The lowest BCUT2D eigenvalue weighted by molar-refractivity contribution is -0.985. The van der Waals surface area contributed by atoms with Gasteiger partial charge in [0.25, 0.3) is 0 Å². The molecule has 3 aromatic rings. The van der Waals surface area contributed by atoms with Crippen molar-refractivity contribution in [1.82, 2.24) is 4.98 Å². The minimum Gasteiger partial charge on any atom is -0.382 e. The summed E-state index contributed by atoms with van der Waals surface area (Å²) in [5.41, 5.74) is 0.825. The quantitative estimate of drug-likeness (QED) is 0.280. The number of fused-ring (bicyclic) bond motifs is 4. The number of piperidine rings is 3. The topological polar surface area (TPSA) is 33.1 Å². The lowest BCUT2D eigenvalue weighted by atomic mass is 9.71. The van der Waals surface area contributed by atoms with E-state index in [-0.39, 0.29) is 24.1 Å². The Kier molecular flexibility index (Phi) is 5.73. The summed E-state index contributed by atoms with van der Waals surface area (Å²) < 4.78 is 54.5. The van der Waals surface area contributed by atoms with Crippen molar-refractivity contribution in [3.8, 4) is 0 Å². The summed E-state index contributed by atoms with van der Waals surface area (Å²) in [5, 5.41) is 12.6. The summed E-state index contributed by atoms with van der Waals surface area (Å²) in [7, 11) is 0. The molecule has 2 aromatic carbocycles. The van der Waals surface area contributed by atoms with Gasteiger partial charge in [-0.1, -0.05) is 24.3 Å². The van der Waals surface area contributed by atoms with Crippen LogP contribution >= 0.6 is 0 Å². The fraction of sp³-hybridized carbons (Fsp3) is 0.370. The standard InChI is InChI=1S/C27H27F4N2O/c1-2-17-15-33(16-19-7-8-20(14-23(19)28)27(29,30)31)12-10-18(17)13-25(33)26(34)22-9-11-32-24-6-4-3-5-21(22)24/h2-9,11,14,17-18,25-26,34H,1,10,12-13,15-16H2/q+1/t17-,18-,25?,26-,33?/m0/s1. The van der Waals surface area contributed by atoms with E-state index in [9.17, 15) is 22.7 Å². The van der Waals surface area contributed by atoms with E-state index in [0.29, 0.717) is 23.0 Å². The van der Waals surface area contributed by atoms with Crippen molar-refractivity contribution in [1.29, 1.82) is 0 Å². The summed E-state index contributed by atoms with van der Waals surface area (Å²) in [6, 6.07) is 12.0. The molecule has 4 heterocycles. The van der Waals surface area contributed by atoms with Crippen LogP contribution in [0.2, 0.25) is 0 Å². The zero-order valence-electron chi connectivity index (χ0n) is 18.7. The molecule has 0 amide bonds. The number of hydrogen-bond acceptors (Lipinski definition) is 2. The van der Waals surface area contributed by atoms with Crippen LogP contribution in [0, 0.1) is 17.7 Å². The first-order valence-corrected chi connectivity index (χ1v) is 11.6. The summed E-state index contributed by atoms with van der Waals surface area (Å²) >= 11 is 0. The molecule has 5 atom stereocenters. The maximum absolute atomic E-state index is 14.9. The number of para-hydroxylation sites is 1. The number of pyridine rings is 1. The van der Waals surface area contributed by atoms with Crippen molar-refractivity contribution in [3.05, 3.63) is 89.9 Å². The van der Waals surface area contributed by atoms with Gasteiger partial charge >= 0.3 is 6.18 Å². The Hall–Kier alpha value is -2.77. The molecule has 0 saturated carbocycles. The van der Waals surface area contributed by atoms with Crippen LogP contribution in [-0.4, -0.2) is 33.7 Å². The third-order valence-corrected chi connectivity index (χ3v) is 7.91. The molecule has 6 rings (SSSR count). The lowest BCUT2D eigenvalue weighted by Crippen LogP contribution is -2.67. The molecule has 2 bridgehead atoms. The van der Waals surface area contributed by atoms with Gasteiger partial charge in [-0.2, -0.15) is 13.2 Å². The van der Waals surface area contributed by atoms with Crippen LogP contribution in [0.4, 0.5) is 17.6 Å². The van der Waals surface area contributed by atoms with E-state index in [0.717, 1.165) is 41.9 Å². The predicted octanol–water partition coefficient (Wildman–Crippen LogP) is 6.04. The van der Waals surface area contributed by atoms with Crippen LogP contribution in [0.5, 0.6) is 0 Å². The molecule has 0 spiro atoms. The largest absolute Gasteiger partial charge is 0.416 e. The normalized spacial score (nSPS) is 27.6. The minimum absolute atomic E-state index is 0.206. The predicted molar refractivity (Wildman–Crippen MR) is 122 cm³/mol. The number of aliphatic hydroxyl groups is 1. The fourth-order valence-electron chi connectivity index (χ4n) is 6.16. The molecule has 3 fully saturated rings. The fourth-order valence-corrected chi connectivity index (χ4v) is 6.16. The summed E-state index contributed by atoms with van der Waals surface area (Å²) in [4.78, 5) is 4.40. The van der Waals surface area contributed by atoms with Crippen LogP contribution in [0.15, 0.2) is 67.4 Å². The van der Waals surface area contributed by atoms with E-state index in [4.69, 9.17) is 0 Å². The zero-order chi connectivity index (χ0) is 24.1. The Morgan fingerprint density at radius 1 is 1.18 bits per heavy atom. The number of benzene rings is 2. The SMILES string of the molecule is C=C[C@H]1C[N+]2(Cc3ccc(C(F)(F)F)cc3F)CC[C@H]1CC2[C@@H](O)c1ccnc2ccccc12. The Morgan fingerprint density at radius 3 is 2.71 bits per heavy atom. The van der Waals surface area contributed by atoms with Gasteiger partial charge in [0.2, 0.25) is 0 Å². The van der Waals surface area contributed by atoms with E-state index in [2.05, 4.69) is 11.6 Å². The third-order valence-electron chi connectivity index (χ3n) is 7.91. The second kappa shape index (κ2) is 8.47. The van der Waals surface area contributed by atoms with Gasteiger partial charge in [-0.3, -0.25) is 4.98 Å². The van der Waals surface area contributed by atoms with Gasteiger partial charge in [-0.25, -0.2) is 4.39 Å². The van der Waals surface area contributed by atoms with Crippen molar-refractivity contribution in [2.45, 2.75) is 37.7 Å². The number of aliphatic hydroxyl groups excluding tert-OH is 1. The zero-order valence-corrected chi connectivity index (χ0v) is 18.7. The van der Waals surface area contributed by atoms with Gasteiger partial charge < -0.3 is 9.59 Å². The average molecular weight is 472 g/mol. The van der Waals surface area contributed by atoms with Crippen LogP contribution in [0.1, 0.15) is 35.6 Å². The number of quaternary nitrogens is 1. The van der Waals surface area contributed by atoms with Crippen molar-refractivity contribution < 1.29 is 27.2 Å². The van der Waals surface area contributed by atoms with Crippen molar-refractivity contribution >= 4 is 10.9 Å². The third kappa shape index (κ3) is 3.91. The van der Waals surface area contributed by atoms with Gasteiger partial charge in [0.05, 0.1) is 24.2 Å². The number of halogens is 4. The molecule has 7 heteroatoms. The summed E-state index contributed by atoms with van der Waals surface area (Å²) in [6.45, 7) is 5.63. The molecule has 1 aromatic heterocycles. The monoisotopic (exact) mass is 471 g/mol. The van der Waals surface area contributed by atoms with Gasteiger partial charge in [-0.15, -0.1) is 6.58 Å². The molecule has 0 radical (unpaired) electrons. The smallest absolute Gasteiger partial charge is 0.382 e. The summed E-state index contributed by atoms with van der Waals surface area (Å²) in [5.74, 6) is -0.251. The minimum atomic E-state index is -4.59. The molecular formula is C27H27F4N2O+.